The molecule has 5 aromatic rings. The van der Waals surface area contributed by atoms with Crippen LogP contribution in [0.3, 0.4) is 0 Å². The van der Waals surface area contributed by atoms with Gasteiger partial charge >= 0.3 is 0 Å². The minimum Gasteiger partial charge on any atom is -0.493 e. The summed E-state index contributed by atoms with van der Waals surface area (Å²) in [7, 11) is 0. The molecule has 10 bridgehead atoms. The third kappa shape index (κ3) is 28.7. The lowest BCUT2D eigenvalue weighted by Crippen LogP contribution is -2.44. The molecule has 0 amide bonds. The summed E-state index contributed by atoms with van der Waals surface area (Å²) in [4.78, 5) is 4.43. The number of hydrogen-bond donors (Lipinski definition) is 0. The number of fused-ring (bicyclic) bond motifs is 15. The van der Waals surface area contributed by atoms with Gasteiger partial charge in [-0.15, -0.1) is 0 Å². The van der Waals surface area contributed by atoms with E-state index in [1.165, 1.54) is 321 Å². The van der Waals surface area contributed by atoms with E-state index in [-0.39, 0.29) is 23.5 Å². The number of ether oxygens (including phenoxy) is 5. The minimum atomic E-state index is 0. The quantitative estimate of drug-likeness (QED) is 0.0299. The Hall–Kier alpha value is -4.15. The molecule has 20 rings (SSSR count). The molecular formula is C100H150F5O5S5. The Bertz CT molecular complexity index is 2830. The normalized spacial score (nSPS) is 29.1. The molecule has 15 aliphatic carbocycles. The van der Waals surface area contributed by atoms with Gasteiger partial charge in [0.1, 0.15) is 28.7 Å². The molecular weight excluding hydrogens is 1540 g/mol. The number of rotatable bonds is 35. The van der Waals surface area contributed by atoms with E-state index >= 15 is 0 Å². The van der Waals surface area contributed by atoms with Gasteiger partial charge in [-0.3, -0.25) is 23.5 Å². The summed E-state index contributed by atoms with van der Waals surface area (Å²) in [5, 5.41) is 0. The van der Waals surface area contributed by atoms with Crippen molar-refractivity contribution in [3.05, 3.63) is 121 Å². The molecule has 5 radical (unpaired) electrons. The zero-order chi connectivity index (χ0) is 77.3. The molecule has 5 nitrogen and oxygen atoms in total. The second-order valence-electron chi connectivity index (χ2n) is 38.6. The number of benzene rings is 5. The standard InChI is InChI=1S/5C20H29OS.5FH/c5*1-2-3-4-9-19-10-13-20(14-11-19,15-12-19)16-21-17-5-7-18(22)8-6-17;;;;;/h5*5-8H,2-4,9-16H2,1H3;5*1H. The lowest BCUT2D eigenvalue weighted by Gasteiger charge is -2.53. The molecule has 0 aliphatic heterocycles. The third-order valence-electron chi connectivity index (χ3n) is 31.2. The van der Waals surface area contributed by atoms with Crippen LogP contribution in [0.15, 0.2) is 146 Å². The van der Waals surface area contributed by atoms with Gasteiger partial charge in [0.25, 0.3) is 0 Å². The summed E-state index contributed by atoms with van der Waals surface area (Å²) in [5.74, 6) is 4.90. The molecule has 0 saturated heterocycles. The van der Waals surface area contributed by atoms with Gasteiger partial charge in [-0.1, -0.05) is 194 Å². The first-order chi connectivity index (χ1) is 53.3. The molecule has 0 spiro atoms. The maximum Gasteiger partial charge on any atom is 0.119 e. The van der Waals surface area contributed by atoms with Crippen molar-refractivity contribution in [2.75, 3.05) is 33.0 Å². The van der Waals surface area contributed by atoms with Crippen LogP contribution in [0, 0.1) is 54.1 Å². The van der Waals surface area contributed by atoms with E-state index in [1.54, 1.807) is 0 Å². The number of halogens is 5. The maximum absolute atomic E-state index is 6.10. The van der Waals surface area contributed by atoms with Gasteiger partial charge in [-0.05, 0) is 373 Å². The van der Waals surface area contributed by atoms with Crippen LogP contribution < -0.4 is 23.7 Å². The fourth-order valence-electron chi connectivity index (χ4n) is 22.3. The molecule has 0 atom stereocenters. The summed E-state index contributed by atoms with van der Waals surface area (Å²) in [6.45, 7) is 16.0. The Morgan fingerprint density at radius 2 is 0.296 bits per heavy atom. The molecule has 15 saturated carbocycles. The average Bonchev–Trinajstić information content (AvgIpc) is 0.791. The first kappa shape index (κ1) is 99.7. The van der Waals surface area contributed by atoms with Gasteiger partial charge in [-0.25, -0.2) is 0 Å². The Kier molecular flexibility index (Phi) is 41.0. The second kappa shape index (κ2) is 47.3. The van der Waals surface area contributed by atoms with E-state index in [0.717, 1.165) is 86.3 Å². The van der Waals surface area contributed by atoms with E-state index < -0.39 is 0 Å². The highest BCUT2D eigenvalue weighted by molar-refractivity contribution is 7.81. The van der Waals surface area contributed by atoms with Gasteiger partial charge in [0.2, 0.25) is 0 Å². The summed E-state index contributed by atoms with van der Waals surface area (Å²) in [5.41, 5.74) is 5.76. The van der Waals surface area contributed by atoms with Crippen LogP contribution in [0.5, 0.6) is 28.7 Å². The van der Waals surface area contributed by atoms with Gasteiger partial charge in [-0.2, -0.15) is 0 Å². The molecule has 0 aromatic heterocycles. The number of hydrogen-bond acceptors (Lipinski definition) is 5. The van der Waals surface area contributed by atoms with Crippen molar-refractivity contribution in [2.45, 2.75) is 380 Å². The summed E-state index contributed by atoms with van der Waals surface area (Å²) >= 11 is 25.7. The van der Waals surface area contributed by atoms with Crippen LogP contribution in [0.1, 0.15) is 356 Å². The van der Waals surface area contributed by atoms with Crippen LogP contribution in [0.2, 0.25) is 0 Å². The Morgan fingerprint density at radius 1 is 0.183 bits per heavy atom. The van der Waals surface area contributed by atoms with E-state index in [1.807, 2.05) is 121 Å². The van der Waals surface area contributed by atoms with Gasteiger partial charge in [0, 0.05) is 51.6 Å². The third-order valence-corrected chi connectivity index (χ3v) is 32.5. The van der Waals surface area contributed by atoms with Gasteiger partial charge in [0.15, 0.2) is 0 Å². The molecule has 115 heavy (non-hydrogen) atoms. The first-order valence-corrected chi connectivity index (χ1v) is 47.3. The molecule has 0 heterocycles. The highest BCUT2D eigenvalue weighted by Gasteiger charge is 2.53. The van der Waals surface area contributed by atoms with E-state index in [9.17, 15) is 0 Å². The highest BCUT2D eigenvalue weighted by Crippen LogP contribution is 2.64. The van der Waals surface area contributed by atoms with Crippen LogP contribution in [0.25, 0.3) is 0 Å². The molecule has 15 fully saturated rings. The Balaban J connectivity index is 0.000000221. The summed E-state index contributed by atoms with van der Waals surface area (Å²) in [6.07, 6.45) is 70.5. The fourth-order valence-corrected chi connectivity index (χ4v) is 23.0. The monoisotopic (exact) mass is 1690 g/mol. The van der Waals surface area contributed by atoms with Crippen LogP contribution in [-0.2, 0) is 0 Å². The van der Waals surface area contributed by atoms with Crippen LogP contribution >= 0.6 is 63.1 Å². The smallest absolute Gasteiger partial charge is 0.119 e. The van der Waals surface area contributed by atoms with Crippen LogP contribution in [-0.4, -0.2) is 33.0 Å². The minimum absolute atomic E-state index is 0. The van der Waals surface area contributed by atoms with Crippen molar-refractivity contribution in [1.29, 1.82) is 0 Å². The zero-order valence-corrected chi connectivity index (χ0v) is 75.6. The fraction of sp³-hybridized carbons (Fsp3) is 0.700. The molecule has 645 valence electrons. The van der Waals surface area contributed by atoms with Crippen molar-refractivity contribution in [2.24, 2.45) is 54.1 Å². The molecule has 5 aromatic carbocycles. The maximum atomic E-state index is 6.10. The largest absolute Gasteiger partial charge is 0.493 e. The second-order valence-corrected chi connectivity index (χ2v) is 40.9. The van der Waals surface area contributed by atoms with Crippen LogP contribution in [0.4, 0.5) is 23.5 Å². The van der Waals surface area contributed by atoms with Crippen molar-refractivity contribution in [3.8, 4) is 28.7 Å². The predicted molar refractivity (Wildman–Crippen MR) is 485 cm³/mol. The van der Waals surface area contributed by atoms with Crippen molar-refractivity contribution >= 4 is 63.1 Å². The lowest BCUT2D eigenvalue weighted by molar-refractivity contribution is -0.0409. The number of unbranched alkanes of at least 4 members (excludes halogenated alkanes) is 10. The molecule has 0 unspecified atom stereocenters. The van der Waals surface area contributed by atoms with Crippen molar-refractivity contribution in [3.63, 3.8) is 0 Å². The van der Waals surface area contributed by atoms with Crippen molar-refractivity contribution in [1.82, 2.24) is 0 Å². The predicted octanol–water partition coefficient (Wildman–Crippen LogP) is 33.5. The van der Waals surface area contributed by atoms with E-state index in [4.69, 9.17) is 86.8 Å². The van der Waals surface area contributed by atoms with Gasteiger partial charge < -0.3 is 23.7 Å². The summed E-state index contributed by atoms with van der Waals surface area (Å²) < 4.78 is 30.5. The van der Waals surface area contributed by atoms with E-state index in [2.05, 4.69) is 34.6 Å². The topological polar surface area (TPSA) is 46.2 Å². The molecule has 15 aliphatic rings. The SMILES string of the molecule is CCCCCC12CCC(COc3ccc([S])cc3)(CC1)CC2.CCCCCC12CCC(COc3ccc([S])cc3)(CC1)CC2.CCCCCC12CCC(COc3ccc([S])cc3)(CC1)CC2.CCCCCC12CCC(COc3ccc([S])cc3)(CC1)CC2.CCCCCC12CCC(COc3ccc([S])cc3)(CC1)CC2.F.F.F.F.F. The highest BCUT2D eigenvalue weighted by atomic mass is 32.1. The lowest BCUT2D eigenvalue weighted by atomic mass is 9.53. The summed E-state index contributed by atoms with van der Waals surface area (Å²) in [6, 6.07) is 39.7. The molecule has 15 heteroatoms. The van der Waals surface area contributed by atoms with E-state index in [0.29, 0.717) is 54.1 Å². The average molecular weight is 1690 g/mol. The molecule has 0 N–H and O–H groups in total. The first-order valence-electron chi connectivity index (χ1n) is 45.3. The Labute approximate surface area is 722 Å². The Morgan fingerprint density at radius 3 is 0.409 bits per heavy atom. The zero-order valence-electron chi connectivity index (χ0n) is 71.6. The van der Waals surface area contributed by atoms with Crippen molar-refractivity contribution < 1.29 is 47.2 Å². The van der Waals surface area contributed by atoms with Gasteiger partial charge in [0.05, 0.1) is 33.0 Å².